The van der Waals surface area contributed by atoms with Crippen LogP contribution in [0.15, 0.2) is 33.4 Å². The van der Waals surface area contributed by atoms with E-state index in [1.807, 2.05) is 12.1 Å². The maximum Gasteiger partial charge on any atom is 0.312 e. The fourth-order valence-electron chi connectivity index (χ4n) is 1.92. The highest BCUT2D eigenvalue weighted by molar-refractivity contribution is 5.95. The highest BCUT2D eigenvalue weighted by atomic mass is 16.5. The number of aromatic nitrogens is 1. The predicted molar refractivity (Wildman–Crippen MR) is 64.1 cm³/mol. The zero-order valence-electron chi connectivity index (χ0n) is 9.80. The van der Waals surface area contributed by atoms with Crippen LogP contribution in [0.3, 0.4) is 0 Å². The first kappa shape index (κ1) is 10.8. The van der Waals surface area contributed by atoms with Gasteiger partial charge in [-0.25, -0.2) is 0 Å². The molecular formula is C13H11NO4. The van der Waals surface area contributed by atoms with Crippen LogP contribution in [0.2, 0.25) is 0 Å². The second kappa shape index (κ2) is 4.18. The Morgan fingerprint density at radius 1 is 1.39 bits per heavy atom. The Balaban J connectivity index is 2.04. The average molecular weight is 245 g/mol. The molecule has 5 heteroatoms. The van der Waals surface area contributed by atoms with Crippen LogP contribution in [0, 0.1) is 0 Å². The molecule has 0 spiro atoms. The molecule has 0 unspecified atom stereocenters. The van der Waals surface area contributed by atoms with Crippen molar-refractivity contribution in [1.82, 2.24) is 5.16 Å². The van der Waals surface area contributed by atoms with Crippen molar-refractivity contribution < 1.29 is 18.5 Å². The fourth-order valence-corrected chi connectivity index (χ4v) is 1.92. The van der Waals surface area contributed by atoms with Crippen LogP contribution in [-0.4, -0.2) is 17.7 Å². The summed E-state index contributed by atoms with van der Waals surface area (Å²) in [5.74, 6) is -0.306. The van der Waals surface area contributed by atoms with Crippen LogP contribution in [0.4, 0.5) is 0 Å². The molecule has 3 aromatic rings. The number of ether oxygens (including phenoxy) is 1. The Morgan fingerprint density at radius 2 is 2.28 bits per heavy atom. The molecule has 0 amide bonds. The maximum atomic E-state index is 11.4. The highest BCUT2D eigenvalue weighted by Crippen LogP contribution is 2.26. The second-order valence-corrected chi connectivity index (χ2v) is 3.92. The minimum Gasteiger partial charge on any atom is -0.466 e. The first-order valence-corrected chi connectivity index (χ1v) is 5.69. The fraction of sp³-hybridized carbons (Fsp3) is 0.231. The van der Waals surface area contributed by atoms with Gasteiger partial charge >= 0.3 is 5.97 Å². The van der Waals surface area contributed by atoms with Crippen LogP contribution >= 0.6 is 0 Å². The summed E-state index contributed by atoms with van der Waals surface area (Å²) in [6.07, 6.45) is 1.73. The van der Waals surface area contributed by atoms with Gasteiger partial charge in [0, 0.05) is 16.8 Å². The summed E-state index contributed by atoms with van der Waals surface area (Å²) in [5, 5.41) is 5.67. The number of esters is 1. The molecule has 0 saturated heterocycles. The van der Waals surface area contributed by atoms with Crippen LogP contribution in [0.25, 0.3) is 21.9 Å². The molecule has 2 aromatic heterocycles. The zero-order valence-corrected chi connectivity index (χ0v) is 9.80. The van der Waals surface area contributed by atoms with Gasteiger partial charge in [-0.3, -0.25) is 4.79 Å². The number of benzene rings is 1. The number of rotatable bonds is 3. The molecule has 18 heavy (non-hydrogen) atoms. The summed E-state index contributed by atoms with van der Waals surface area (Å²) in [6.45, 7) is 2.13. The average Bonchev–Trinajstić information content (AvgIpc) is 2.94. The Hall–Kier alpha value is -2.30. The number of carbonyl (C=O) groups is 1. The highest BCUT2D eigenvalue weighted by Gasteiger charge is 2.14. The molecule has 0 aliphatic carbocycles. The van der Waals surface area contributed by atoms with Crippen LogP contribution in [-0.2, 0) is 16.0 Å². The normalized spacial score (nSPS) is 11.2. The molecule has 0 aliphatic heterocycles. The van der Waals surface area contributed by atoms with Gasteiger partial charge in [0.1, 0.15) is 11.3 Å². The Kier molecular flexibility index (Phi) is 2.51. The van der Waals surface area contributed by atoms with Gasteiger partial charge in [0.05, 0.1) is 19.3 Å². The number of fused-ring (bicyclic) bond motifs is 2. The van der Waals surface area contributed by atoms with Gasteiger partial charge in [-0.05, 0) is 19.1 Å². The standard InChI is InChI=1S/C13H11NO4/c1-2-16-13(15)6-10-9-5-8-3-4-17-11(8)7-12(9)18-14-10/h3-5,7H,2,6H2,1H3. The number of furan rings is 1. The lowest BCUT2D eigenvalue weighted by Crippen LogP contribution is -2.07. The third-order valence-electron chi connectivity index (χ3n) is 2.74. The summed E-state index contributed by atoms with van der Waals surface area (Å²) >= 11 is 0. The van der Waals surface area contributed by atoms with E-state index in [2.05, 4.69) is 5.16 Å². The molecule has 0 radical (unpaired) electrons. The summed E-state index contributed by atoms with van der Waals surface area (Å²) in [7, 11) is 0. The van der Waals surface area contributed by atoms with E-state index in [1.165, 1.54) is 0 Å². The van der Waals surface area contributed by atoms with Crippen molar-refractivity contribution >= 4 is 27.9 Å². The van der Waals surface area contributed by atoms with Gasteiger partial charge in [0.15, 0.2) is 5.58 Å². The zero-order chi connectivity index (χ0) is 12.5. The molecule has 0 aliphatic rings. The maximum absolute atomic E-state index is 11.4. The van der Waals surface area contributed by atoms with Gasteiger partial charge in [-0.1, -0.05) is 5.16 Å². The van der Waals surface area contributed by atoms with E-state index in [0.29, 0.717) is 17.9 Å². The van der Waals surface area contributed by atoms with Gasteiger partial charge in [0.2, 0.25) is 0 Å². The number of hydrogen-bond donors (Lipinski definition) is 0. The molecule has 3 rings (SSSR count). The van der Waals surface area contributed by atoms with E-state index in [1.54, 1.807) is 19.3 Å². The van der Waals surface area contributed by atoms with Crippen molar-refractivity contribution in [2.75, 3.05) is 6.61 Å². The molecule has 0 fully saturated rings. The summed E-state index contributed by atoms with van der Waals surface area (Å²) in [4.78, 5) is 11.4. The van der Waals surface area contributed by atoms with Crippen LogP contribution < -0.4 is 0 Å². The van der Waals surface area contributed by atoms with E-state index in [0.717, 1.165) is 16.4 Å². The topological polar surface area (TPSA) is 65.5 Å². The first-order chi connectivity index (χ1) is 8.78. The molecule has 0 N–H and O–H groups in total. The number of carbonyl (C=O) groups excluding carboxylic acids is 1. The molecule has 1 aromatic carbocycles. The number of nitrogens with zero attached hydrogens (tertiary/aromatic N) is 1. The van der Waals surface area contributed by atoms with Crippen LogP contribution in [0.5, 0.6) is 0 Å². The molecule has 0 atom stereocenters. The van der Waals surface area contributed by atoms with E-state index >= 15 is 0 Å². The van der Waals surface area contributed by atoms with Crippen molar-refractivity contribution in [3.63, 3.8) is 0 Å². The third kappa shape index (κ3) is 1.73. The van der Waals surface area contributed by atoms with Crippen molar-refractivity contribution in [3.8, 4) is 0 Å². The SMILES string of the molecule is CCOC(=O)Cc1noc2cc3occc3cc12. The molecule has 0 saturated carbocycles. The summed E-state index contributed by atoms with van der Waals surface area (Å²) in [5.41, 5.74) is 1.93. The van der Waals surface area contributed by atoms with E-state index in [4.69, 9.17) is 13.7 Å². The second-order valence-electron chi connectivity index (χ2n) is 3.92. The van der Waals surface area contributed by atoms with E-state index in [9.17, 15) is 4.79 Å². The monoisotopic (exact) mass is 245 g/mol. The third-order valence-corrected chi connectivity index (χ3v) is 2.74. The molecule has 5 nitrogen and oxygen atoms in total. The molecule has 92 valence electrons. The van der Waals surface area contributed by atoms with Gasteiger partial charge < -0.3 is 13.7 Å². The molecule has 2 heterocycles. The smallest absolute Gasteiger partial charge is 0.312 e. The lowest BCUT2D eigenvalue weighted by Gasteiger charge is -1.98. The first-order valence-electron chi connectivity index (χ1n) is 5.69. The van der Waals surface area contributed by atoms with Crippen molar-refractivity contribution in [3.05, 3.63) is 30.2 Å². The largest absolute Gasteiger partial charge is 0.466 e. The van der Waals surface area contributed by atoms with E-state index in [-0.39, 0.29) is 12.4 Å². The lowest BCUT2D eigenvalue weighted by atomic mass is 10.1. The van der Waals surface area contributed by atoms with Gasteiger partial charge in [-0.2, -0.15) is 0 Å². The minimum absolute atomic E-state index is 0.115. The minimum atomic E-state index is -0.306. The number of hydrogen-bond acceptors (Lipinski definition) is 5. The van der Waals surface area contributed by atoms with Crippen molar-refractivity contribution in [2.24, 2.45) is 0 Å². The van der Waals surface area contributed by atoms with Crippen molar-refractivity contribution in [2.45, 2.75) is 13.3 Å². The van der Waals surface area contributed by atoms with Gasteiger partial charge in [-0.15, -0.1) is 0 Å². The Labute approximate surface area is 102 Å². The quantitative estimate of drug-likeness (QED) is 0.664. The Morgan fingerprint density at radius 3 is 3.11 bits per heavy atom. The predicted octanol–water partition coefficient (Wildman–Crippen LogP) is 2.68. The Bertz CT molecular complexity index is 710. The summed E-state index contributed by atoms with van der Waals surface area (Å²) < 4.78 is 15.4. The summed E-state index contributed by atoms with van der Waals surface area (Å²) in [6, 6.07) is 5.53. The molecule has 0 bridgehead atoms. The van der Waals surface area contributed by atoms with E-state index < -0.39 is 0 Å². The lowest BCUT2D eigenvalue weighted by molar-refractivity contribution is -0.142. The van der Waals surface area contributed by atoms with Crippen molar-refractivity contribution in [1.29, 1.82) is 0 Å². The van der Waals surface area contributed by atoms with Gasteiger partial charge in [0.25, 0.3) is 0 Å². The molecular weight excluding hydrogens is 234 g/mol. The van der Waals surface area contributed by atoms with Crippen LogP contribution in [0.1, 0.15) is 12.6 Å².